The van der Waals surface area contributed by atoms with Crippen LogP contribution in [0.3, 0.4) is 0 Å². The van der Waals surface area contributed by atoms with Gasteiger partial charge in [0.05, 0.1) is 33.8 Å². The first-order chi connectivity index (χ1) is 34.0. The lowest BCUT2D eigenvalue weighted by molar-refractivity contribution is -0.144. The fourth-order valence-corrected chi connectivity index (χ4v) is 9.83. The average Bonchev–Trinajstić information content (AvgIpc) is 4.18. The number of rotatable bonds is 20. The maximum absolute atomic E-state index is 14.0. The fourth-order valence-electron chi connectivity index (χ4n) is 9.02. The normalized spacial score (nSPS) is 16.8. The first-order valence-corrected chi connectivity index (χ1v) is 25.1. The van der Waals surface area contributed by atoms with Gasteiger partial charge in [0.1, 0.15) is 17.8 Å². The number of aliphatic hydroxyl groups excluding tert-OH is 1. The first-order valence-electron chi connectivity index (χ1n) is 24.2. The Morgan fingerprint density at radius 3 is 2.34 bits per heavy atom. The third-order valence-corrected chi connectivity index (χ3v) is 14.1. The number of aromatic hydroxyl groups is 1. The minimum absolute atomic E-state index is 0.0152. The topological polar surface area (TPSA) is 236 Å². The van der Waals surface area contributed by atoms with Gasteiger partial charge in [-0.15, -0.1) is 11.3 Å². The number of phenolic OH excluding ortho intramolecular Hbond substituents is 1. The Kier molecular flexibility index (Phi) is 17.1. The lowest BCUT2D eigenvalue weighted by atomic mass is 9.85. The molecule has 0 saturated carbocycles. The van der Waals surface area contributed by atoms with Gasteiger partial charge in [-0.05, 0) is 72.4 Å². The molecule has 3 heterocycles. The molecule has 17 nitrogen and oxygen atoms in total. The van der Waals surface area contributed by atoms with Crippen LogP contribution in [-0.2, 0) is 32.1 Å². The number of fused-ring (bicyclic) bond motifs is 1. The van der Waals surface area contributed by atoms with E-state index in [1.807, 2.05) is 70.2 Å². The number of likely N-dealkylation sites (tertiary alicyclic amines) is 1. The summed E-state index contributed by atoms with van der Waals surface area (Å²) < 4.78 is 5.42. The minimum atomic E-state index is -0.926. The molecule has 7 rings (SSSR count). The molecule has 0 radical (unpaired) electrons. The Hall–Kier alpha value is -6.92. The van der Waals surface area contributed by atoms with E-state index in [0.29, 0.717) is 31.2 Å². The van der Waals surface area contributed by atoms with Crippen LogP contribution in [0.25, 0.3) is 21.8 Å². The van der Waals surface area contributed by atoms with Gasteiger partial charge < -0.3 is 45.8 Å². The van der Waals surface area contributed by atoms with E-state index in [2.05, 4.69) is 37.5 Å². The van der Waals surface area contributed by atoms with Crippen LogP contribution in [0.15, 0.2) is 82.8 Å². The number of aliphatic hydroxyl groups is 1. The van der Waals surface area contributed by atoms with Gasteiger partial charge in [-0.25, -0.2) is 4.98 Å². The largest absolute Gasteiger partial charge is 0.507 e. The Morgan fingerprint density at radius 2 is 1.63 bits per heavy atom. The maximum Gasteiger partial charge on any atom is 0.273 e. The third-order valence-electron chi connectivity index (χ3n) is 13.1. The van der Waals surface area contributed by atoms with Crippen LogP contribution in [0.2, 0.25) is 0 Å². The van der Waals surface area contributed by atoms with Crippen molar-refractivity contribution in [2.75, 3.05) is 26.7 Å². The molecular formula is C53H64N8O9S. The number of hydrogen-bond acceptors (Lipinski definition) is 12. The third kappa shape index (κ3) is 13.3. The summed E-state index contributed by atoms with van der Waals surface area (Å²) in [6.45, 7) is 8.13. The molecule has 0 spiro atoms. The zero-order valence-corrected chi connectivity index (χ0v) is 41.8. The van der Waals surface area contributed by atoms with E-state index < -0.39 is 35.4 Å². The molecule has 6 N–H and O–H groups in total. The summed E-state index contributed by atoms with van der Waals surface area (Å²) in [6.07, 6.45) is 3.87. The second-order valence-corrected chi connectivity index (χ2v) is 20.4. The Labute approximate surface area is 417 Å². The number of thiazole rings is 1. The van der Waals surface area contributed by atoms with Gasteiger partial charge in [0, 0.05) is 64.1 Å². The zero-order chi connectivity index (χ0) is 50.8. The summed E-state index contributed by atoms with van der Waals surface area (Å²) in [5, 5.41) is 37.0. The first kappa shape index (κ1) is 51.9. The van der Waals surface area contributed by atoms with Crippen molar-refractivity contribution in [3.05, 3.63) is 112 Å². The molecule has 0 bridgehead atoms. The highest BCUT2D eigenvalue weighted by atomic mass is 32.1. The Balaban J connectivity index is 0.779. The molecule has 5 aromatic rings. The number of likely N-dealkylation sites (N-methyl/N-ethyl adjacent to an activating group) is 1. The van der Waals surface area contributed by atoms with Crippen molar-refractivity contribution in [2.24, 2.45) is 5.41 Å². The number of carbonyl (C=O) groups is 6. The number of unbranched alkanes of at least 4 members (excludes halogenated alkanes) is 3. The minimum Gasteiger partial charge on any atom is -0.507 e. The molecule has 1 aliphatic carbocycles. The number of benzene rings is 3. The summed E-state index contributed by atoms with van der Waals surface area (Å²) in [4.78, 5) is 87.6. The molecule has 4 atom stereocenters. The average molecular weight is 989 g/mol. The van der Waals surface area contributed by atoms with E-state index in [1.54, 1.807) is 30.0 Å². The zero-order valence-electron chi connectivity index (χ0n) is 41.0. The molecule has 6 amide bonds. The number of nitrogens with zero attached hydrogens (tertiary/aromatic N) is 4. The fraction of sp³-hybridized carbons (Fsp3) is 0.434. The highest BCUT2D eigenvalue weighted by Gasteiger charge is 2.44. The molecule has 376 valence electrons. The number of nitrogens with one attached hydrogen (secondary N) is 4. The number of aromatic nitrogens is 2. The van der Waals surface area contributed by atoms with Gasteiger partial charge in [0.2, 0.25) is 23.6 Å². The lowest BCUT2D eigenvalue weighted by Crippen LogP contribution is -2.57. The number of carbonyl (C=O) groups excluding carboxylic acids is 6. The molecule has 0 unspecified atom stereocenters. The molecule has 3 aromatic carbocycles. The van der Waals surface area contributed by atoms with E-state index in [9.17, 15) is 39.0 Å². The van der Waals surface area contributed by atoms with E-state index in [1.165, 1.54) is 33.6 Å². The molecule has 2 aromatic heterocycles. The van der Waals surface area contributed by atoms with Gasteiger partial charge in [0.15, 0.2) is 11.5 Å². The van der Waals surface area contributed by atoms with E-state index in [4.69, 9.17) is 4.52 Å². The molecule has 1 saturated heterocycles. The highest BCUT2D eigenvalue weighted by Crippen LogP contribution is 2.33. The van der Waals surface area contributed by atoms with Crippen molar-refractivity contribution >= 4 is 46.8 Å². The second-order valence-electron chi connectivity index (χ2n) is 19.5. The van der Waals surface area contributed by atoms with Gasteiger partial charge >= 0.3 is 0 Å². The van der Waals surface area contributed by atoms with Crippen LogP contribution in [-0.4, -0.2) is 110 Å². The summed E-state index contributed by atoms with van der Waals surface area (Å²) >= 11 is 1.57. The molecular weight excluding hydrogens is 925 g/mol. The molecule has 71 heavy (non-hydrogen) atoms. The van der Waals surface area contributed by atoms with Crippen LogP contribution < -0.4 is 21.3 Å². The van der Waals surface area contributed by atoms with Crippen LogP contribution in [0.1, 0.15) is 121 Å². The number of aryl methyl sites for hydroxylation is 2. The van der Waals surface area contributed by atoms with Crippen molar-refractivity contribution < 1.29 is 43.5 Å². The van der Waals surface area contributed by atoms with Crippen LogP contribution in [0.4, 0.5) is 0 Å². The van der Waals surface area contributed by atoms with Crippen LogP contribution in [0.5, 0.6) is 5.75 Å². The van der Waals surface area contributed by atoms with Crippen molar-refractivity contribution in [1.29, 1.82) is 0 Å². The van der Waals surface area contributed by atoms with Gasteiger partial charge in [-0.3, -0.25) is 28.8 Å². The Morgan fingerprint density at radius 1 is 0.915 bits per heavy atom. The predicted molar refractivity (Wildman–Crippen MR) is 268 cm³/mol. The standard InChI is InChI=1S/C53H64N8O9S/c1-32-47(71-31-56-32)35-18-16-33(17-19-35)29-55-50(67)42-27-37(62)30-61(42)52(69)48(53(2,3)4)58-46(65)15-9-7-6-8-14-45(64)54-24-25-60(5)51(68)39-22-20-36(26-43(39)63)44-28-41(59-70-44)49(66)57-40-23-21-34-12-10-11-13-38(34)40/h10-13,16-20,22,26,28,31,37,40,42,48,62-63H,6-9,14-15,21,23-25,27,29-30H2,1-5H3,(H,54,64)(H,55,67)(H,57,66)(H,58,65)/t37-,40-,42+,48-/m1/s1. The SMILES string of the molecule is Cc1ncsc1-c1ccc(CNC(=O)[C@@H]2C[C@@H](O)CN2C(=O)[C@@H](NC(=O)CCCCCCC(=O)NCCN(C)C(=O)c2ccc(-c3cc(C(=O)N[C@@H]4CCc5ccccc54)no3)cc2O)C(C)(C)C)cc1. The summed E-state index contributed by atoms with van der Waals surface area (Å²) in [6, 6.07) is 19.9. The van der Waals surface area contributed by atoms with Gasteiger partial charge in [-0.2, -0.15) is 0 Å². The molecule has 2 aliphatic rings. The molecule has 1 aliphatic heterocycles. The van der Waals surface area contributed by atoms with E-state index >= 15 is 0 Å². The maximum atomic E-state index is 14.0. The molecule has 1 fully saturated rings. The number of hydrogen-bond donors (Lipinski definition) is 6. The van der Waals surface area contributed by atoms with Crippen LogP contribution >= 0.6 is 11.3 Å². The number of phenols is 1. The predicted octanol–water partition coefficient (Wildman–Crippen LogP) is 6.23. The number of β-amino-alcohol motifs (C(OH)–C–C–N with tert-alkyl or cyclic N) is 1. The van der Waals surface area contributed by atoms with Crippen molar-refractivity contribution in [3.8, 4) is 27.5 Å². The lowest BCUT2D eigenvalue weighted by Gasteiger charge is -2.35. The van der Waals surface area contributed by atoms with Gasteiger partial charge in [0.25, 0.3) is 11.8 Å². The van der Waals surface area contributed by atoms with E-state index in [0.717, 1.165) is 40.1 Å². The second kappa shape index (κ2) is 23.3. The van der Waals surface area contributed by atoms with Crippen molar-refractivity contribution in [2.45, 2.75) is 116 Å². The molecule has 18 heteroatoms. The van der Waals surface area contributed by atoms with Crippen molar-refractivity contribution in [3.63, 3.8) is 0 Å². The summed E-state index contributed by atoms with van der Waals surface area (Å²) in [7, 11) is 1.57. The smallest absolute Gasteiger partial charge is 0.273 e. The Bertz CT molecular complexity index is 2710. The summed E-state index contributed by atoms with van der Waals surface area (Å²) in [5.41, 5.74) is 6.91. The van der Waals surface area contributed by atoms with Crippen LogP contribution in [0, 0.1) is 12.3 Å². The summed E-state index contributed by atoms with van der Waals surface area (Å²) in [5.74, 6) is -2.10. The monoisotopic (exact) mass is 988 g/mol. The van der Waals surface area contributed by atoms with Gasteiger partial charge in [-0.1, -0.05) is 93.4 Å². The quantitative estimate of drug-likeness (QED) is 0.0478. The van der Waals surface area contributed by atoms with Crippen molar-refractivity contribution in [1.82, 2.24) is 41.2 Å². The number of amides is 6. The highest BCUT2D eigenvalue weighted by molar-refractivity contribution is 7.13. The van der Waals surface area contributed by atoms with E-state index in [-0.39, 0.29) is 97.9 Å².